The Hall–Kier alpha value is -1.44. The molecular weight excluding hydrogens is 280 g/mol. The number of nitrogens with one attached hydrogen (secondary N) is 1. The Kier molecular flexibility index (Phi) is 4.12. The summed E-state index contributed by atoms with van der Waals surface area (Å²) in [5, 5.41) is 9.45. The summed E-state index contributed by atoms with van der Waals surface area (Å²) in [6.07, 6.45) is 1.60. The predicted octanol–water partition coefficient (Wildman–Crippen LogP) is 0.917. The second-order valence-corrected chi connectivity index (χ2v) is 6.68. The zero-order valence-corrected chi connectivity index (χ0v) is 12.1. The lowest BCUT2D eigenvalue weighted by molar-refractivity contribution is -0.143. The van der Waals surface area contributed by atoms with Crippen molar-refractivity contribution in [1.82, 2.24) is 9.03 Å². The Morgan fingerprint density at radius 1 is 1.25 bits per heavy atom. The molecule has 20 heavy (non-hydrogen) atoms. The van der Waals surface area contributed by atoms with Gasteiger partial charge in [0.1, 0.15) is 0 Å². The molecule has 0 saturated carbocycles. The topological polar surface area (TPSA) is 86.7 Å². The summed E-state index contributed by atoms with van der Waals surface area (Å²) >= 11 is 0. The SMILES string of the molecule is CC(NS(=O)(=O)N1CCCC1)(C(=O)O)c1ccccc1. The van der Waals surface area contributed by atoms with E-state index in [4.69, 9.17) is 0 Å². The van der Waals surface area contributed by atoms with Gasteiger partial charge in [-0.3, -0.25) is 0 Å². The van der Waals surface area contributed by atoms with Crippen LogP contribution in [0.3, 0.4) is 0 Å². The van der Waals surface area contributed by atoms with Gasteiger partial charge in [0.25, 0.3) is 10.2 Å². The lowest BCUT2D eigenvalue weighted by atomic mass is 9.94. The van der Waals surface area contributed by atoms with Crippen LogP contribution in [0.15, 0.2) is 30.3 Å². The normalized spacial score (nSPS) is 19.6. The standard InChI is InChI=1S/C13H18N2O4S/c1-13(12(16)17,11-7-3-2-4-8-11)14-20(18,19)15-9-5-6-10-15/h2-4,7-8,14H,5-6,9-10H2,1H3,(H,16,17). The van der Waals surface area contributed by atoms with Crippen molar-refractivity contribution in [3.8, 4) is 0 Å². The van der Waals surface area contributed by atoms with Crippen LogP contribution in [0, 0.1) is 0 Å². The van der Waals surface area contributed by atoms with E-state index >= 15 is 0 Å². The molecule has 7 heteroatoms. The van der Waals surface area contributed by atoms with E-state index in [-0.39, 0.29) is 0 Å². The largest absolute Gasteiger partial charge is 0.480 e. The maximum absolute atomic E-state index is 12.3. The lowest BCUT2D eigenvalue weighted by Gasteiger charge is -2.29. The number of nitrogens with zero attached hydrogens (tertiary/aromatic N) is 1. The zero-order valence-electron chi connectivity index (χ0n) is 11.2. The maximum Gasteiger partial charge on any atom is 0.329 e. The summed E-state index contributed by atoms with van der Waals surface area (Å²) in [4.78, 5) is 11.6. The summed E-state index contributed by atoms with van der Waals surface area (Å²) in [6, 6.07) is 8.31. The van der Waals surface area contributed by atoms with E-state index in [0.29, 0.717) is 18.7 Å². The van der Waals surface area contributed by atoms with Crippen molar-refractivity contribution < 1.29 is 18.3 Å². The minimum atomic E-state index is -3.81. The van der Waals surface area contributed by atoms with Crippen molar-refractivity contribution in [3.63, 3.8) is 0 Å². The van der Waals surface area contributed by atoms with Crippen LogP contribution < -0.4 is 4.72 Å². The smallest absolute Gasteiger partial charge is 0.329 e. The molecule has 1 fully saturated rings. The molecule has 1 aliphatic rings. The minimum absolute atomic E-state index is 0.398. The number of benzene rings is 1. The van der Waals surface area contributed by atoms with Crippen LogP contribution in [0.1, 0.15) is 25.3 Å². The first-order valence-corrected chi connectivity index (χ1v) is 7.88. The van der Waals surface area contributed by atoms with Crippen LogP contribution >= 0.6 is 0 Å². The number of carbonyl (C=O) groups is 1. The third kappa shape index (κ3) is 2.84. The Morgan fingerprint density at radius 3 is 2.30 bits per heavy atom. The van der Waals surface area contributed by atoms with Gasteiger partial charge in [-0.25, -0.2) is 4.79 Å². The fourth-order valence-electron chi connectivity index (χ4n) is 2.25. The first kappa shape index (κ1) is 15.0. The van der Waals surface area contributed by atoms with Crippen molar-refractivity contribution in [2.24, 2.45) is 0 Å². The first-order valence-electron chi connectivity index (χ1n) is 6.44. The minimum Gasteiger partial charge on any atom is -0.480 e. The zero-order chi connectivity index (χ0) is 14.8. The van der Waals surface area contributed by atoms with Gasteiger partial charge in [0, 0.05) is 13.1 Å². The molecule has 6 nitrogen and oxygen atoms in total. The Morgan fingerprint density at radius 2 is 1.80 bits per heavy atom. The highest BCUT2D eigenvalue weighted by Gasteiger charge is 2.41. The van der Waals surface area contributed by atoms with Gasteiger partial charge in [-0.1, -0.05) is 30.3 Å². The van der Waals surface area contributed by atoms with Gasteiger partial charge in [0.15, 0.2) is 5.54 Å². The van der Waals surface area contributed by atoms with Crippen LogP contribution in [-0.4, -0.2) is 36.9 Å². The van der Waals surface area contributed by atoms with Crippen molar-refractivity contribution in [2.75, 3.05) is 13.1 Å². The average molecular weight is 298 g/mol. The average Bonchev–Trinajstić information content (AvgIpc) is 2.93. The molecule has 0 aromatic heterocycles. The van der Waals surface area contributed by atoms with E-state index in [0.717, 1.165) is 12.8 Å². The molecule has 0 aliphatic carbocycles. The van der Waals surface area contributed by atoms with Gasteiger partial charge in [0.05, 0.1) is 0 Å². The lowest BCUT2D eigenvalue weighted by Crippen LogP contribution is -2.53. The number of hydrogen-bond acceptors (Lipinski definition) is 3. The Balaban J connectivity index is 2.33. The molecule has 1 aromatic rings. The van der Waals surface area contributed by atoms with E-state index in [1.807, 2.05) is 0 Å². The van der Waals surface area contributed by atoms with Gasteiger partial charge in [-0.2, -0.15) is 17.4 Å². The van der Waals surface area contributed by atoms with E-state index in [1.165, 1.54) is 11.2 Å². The third-order valence-corrected chi connectivity index (χ3v) is 5.23. The monoisotopic (exact) mass is 298 g/mol. The fourth-order valence-corrected chi connectivity index (χ4v) is 3.84. The van der Waals surface area contributed by atoms with Crippen LogP contribution in [0.4, 0.5) is 0 Å². The van der Waals surface area contributed by atoms with E-state index < -0.39 is 21.7 Å². The molecule has 0 radical (unpaired) electrons. The van der Waals surface area contributed by atoms with Gasteiger partial charge in [-0.05, 0) is 25.3 Å². The molecular formula is C13H18N2O4S. The second-order valence-electron chi connectivity index (χ2n) is 5.01. The molecule has 1 unspecified atom stereocenters. The second kappa shape index (κ2) is 5.51. The van der Waals surface area contributed by atoms with Gasteiger partial charge < -0.3 is 5.11 Å². The summed E-state index contributed by atoms with van der Waals surface area (Å²) < 4.78 is 28.2. The number of rotatable bonds is 5. The summed E-state index contributed by atoms with van der Waals surface area (Å²) in [5.41, 5.74) is -1.28. The summed E-state index contributed by atoms with van der Waals surface area (Å²) in [6.45, 7) is 2.22. The highest BCUT2D eigenvalue weighted by atomic mass is 32.2. The maximum atomic E-state index is 12.3. The molecule has 0 spiro atoms. The highest BCUT2D eigenvalue weighted by Crippen LogP contribution is 2.24. The molecule has 1 aromatic carbocycles. The summed E-state index contributed by atoms with van der Waals surface area (Å²) in [7, 11) is -3.81. The fraction of sp³-hybridized carbons (Fsp3) is 0.462. The number of carboxylic acid groups (broad SMARTS) is 1. The molecule has 110 valence electrons. The summed E-state index contributed by atoms with van der Waals surface area (Å²) in [5.74, 6) is -1.23. The third-order valence-electron chi connectivity index (χ3n) is 3.52. The van der Waals surface area contributed by atoms with Crippen LogP contribution in [0.25, 0.3) is 0 Å². The number of aliphatic carboxylic acids is 1. The van der Waals surface area contributed by atoms with E-state index in [1.54, 1.807) is 30.3 Å². The molecule has 2 N–H and O–H groups in total. The number of hydrogen-bond donors (Lipinski definition) is 2. The van der Waals surface area contributed by atoms with Crippen molar-refractivity contribution >= 4 is 16.2 Å². The van der Waals surface area contributed by atoms with Crippen LogP contribution in [-0.2, 0) is 20.5 Å². The molecule has 1 atom stereocenters. The highest BCUT2D eigenvalue weighted by molar-refractivity contribution is 7.87. The van der Waals surface area contributed by atoms with Crippen molar-refractivity contribution in [2.45, 2.75) is 25.3 Å². The van der Waals surface area contributed by atoms with Gasteiger partial charge in [-0.15, -0.1) is 0 Å². The molecule has 0 bridgehead atoms. The Labute approximate surface area is 118 Å². The Bertz CT molecular complexity index is 582. The molecule has 1 heterocycles. The van der Waals surface area contributed by atoms with Gasteiger partial charge in [0.2, 0.25) is 0 Å². The first-order chi connectivity index (χ1) is 9.36. The van der Waals surface area contributed by atoms with Crippen LogP contribution in [0.5, 0.6) is 0 Å². The van der Waals surface area contributed by atoms with E-state index in [2.05, 4.69) is 4.72 Å². The van der Waals surface area contributed by atoms with Crippen molar-refractivity contribution in [3.05, 3.63) is 35.9 Å². The molecule has 1 saturated heterocycles. The van der Waals surface area contributed by atoms with E-state index in [9.17, 15) is 18.3 Å². The van der Waals surface area contributed by atoms with Crippen LogP contribution in [0.2, 0.25) is 0 Å². The van der Waals surface area contributed by atoms with Crippen molar-refractivity contribution in [1.29, 1.82) is 0 Å². The predicted molar refractivity (Wildman–Crippen MR) is 74.3 cm³/mol. The quantitative estimate of drug-likeness (QED) is 0.846. The number of carboxylic acids is 1. The molecule has 1 aliphatic heterocycles. The van der Waals surface area contributed by atoms with Gasteiger partial charge >= 0.3 is 5.97 Å². The molecule has 0 amide bonds. The molecule has 2 rings (SSSR count).